The van der Waals surface area contributed by atoms with E-state index in [1.54, 1.807) is 0 Å². The maximum absolute atomic E-state index is 12.5. The number of para-hydroxylation sites is 1. The average Bonchev–Trinajstić information content (AvgIpc) is 3.21. The molecule has 3 heterocycles. The van der Waals surface area contributed by atoms with E-state index < -0.39 is 0 Å². The van der Waals surface area contributed by atoms with Gasteiger partial charge in [0.05, 0.1) is 6.42 Å². The van der Waals surface area contributed by atoms with Crippen LogP contribution in [0.5, 0.6) is 0 Å². The molecule has 2 aliphatic rings. The van der Waals surface area contributed by atoms with Crippen molar-refractivity contribution in [2.75, 3.05) is 19.6 Å². The third-order valence-electron chi connectivity index (χ3n) is 4.76. The first-order chi connectivity index (χ1) is 10.7. The van der Waals surface area contributed by atoms with E-state index in [1.807, 2.05) is 29.2 Å². The van der Waals surface area contributed by atoms with Gasteiger partial charge in [0.2, 0.25) is 11.8 Å². The Bertz CT molecular complexity index is 754. The van der Waals surface area contributed by atoms with E-state index in [0.29, 0.717) is 37.3 Å². The summed E-state index contributed by atoms with van der Waals surface area (Å²) in [5.41, 5.74) is 1.33. The van der Waals surface area contributed by atoms with Gasteiger partial charge in [-0.15, -0.1) is 0 Å². The van der Waals surface area contributed by atoms with Crippen molar-refractivity contribution in [1.82, 2.24) is 15.4 Å². The van der Waals surface area contributed by atoms with E-state index in [4.69, 9.17) is 4.52 Å². The van der Waals surface area contributed by atoms with E-state index in [-0.39, 0.29) is 23.7 Å². The Morgan fingerprint density at radius 3 is 3.09 bits per heavy atom. The molecule has 2 aromatic rings. The fourth-order valence-corrected chi connectivity index (χ4v) is 3.51. The molecule has 1 aromatic carbocycles. The topological polar surface area (TPSA) is 75.4 Å². The van der Waals surface area contributed by atoms with E-state index in [9.17, 15) is 9.59 Å². The number of carbonyl (C=O) groups excluding carboxylic acids is 2. The molecule has 1 spiro atoms. The van der Waals surface area contributed by atoms with Crippen LogP contribution in [0.1, 0.15) is 18.5 Å². The lowest BCUT2D eigenvalue weighted by Crippen LogP contribution is -2.34. The zero-order valence-corrected chi connectivity index (χ0v) is 12.2. The Morgan fingerprint density at radius 2 is 2.27 bits per heavy atom. The van der Waals surface area contributed by atoms with E-state index in [1.165, 1.54) is 0 Å². The number of hydrogen-bond donors (Lipinski definition) is 1. The summed E-state index contributed by atoms with van der Waals surface area (Å²) in [5.74, 6) is 0.145. The molecular formula is C16H17N3O3. The van der Waals surface area contributed by atoms with Crippen molar-refractivity contribution in [3.8, 4) is 0 Å². The van der Waals surface area contributed by atoms with Crippen LogP contribution < -0.4 is 5.32 Å². The first-order valence-electron chi connectivity index (χ1n) is 7.53. The summed E-state index contributed by atoms with van der Waals surface area (Å²) >= 11 is 0. The van der Waals surface area contributed by atoms with Gasteiger partial charge in [0.1, 0.15) is 5.69 Å². The summed E-state index contributed by atoms with van der Waals surface area (Å²) in [4.78, 5) is 25.8. The van der Waals surface area contributed by atoms with Gasteiger partial charge in [-0.25, -0.2) is 0 Å². The predicted octanol–water partition coefficient (Wildman–Crippen LogP) is 1.11. The number of hydrogen-bond acceptors (Lipinski definition) is 4. The second-order valence-corrected chi connectivity index (χ2v) is 6.32. The van der Waals surface area contributed by atoms with Gasteiger partial charge in [0.15, 0.2) is 5.58 Å². The molecule has 0 saturated carbocycles. The number of rotatable bonds is 2. The molecule has 2 saturated heterocycles. The minimum atomic E-state index is -0.0569. The zero-order chi connectivity index (χ0) is 15.2. The van der Waals surface area contributed by atoms with Gasteiger partial charge in [-0.2, -0.15) is 0 Å². The van der Waals surface area contributed by atoms with Gasteiger partial charge >= 0.3 is 0 Å². The molecule has 1 N–H and O–H groups in total. The monoisotopic (exact) mass is 299 g/mol. The molecule has 6 nitrogen and oxygen atoms in total. The van der Waals surface area contributed by atoms with E-state index in [0.717, 1.165) is 11.8 Å². The van der Waals surface area contributed by atoms with E-state index >= 15 is 0 Å². The number of aromatic nitrogens is 1. The molecule has 1 atom stereocenters. The predicted molar refractivity (Wildman–Crippen MR) is 79.0 cm³/mol. The van der Waals surface area contributed by atoms with Crippen molar-refractivity contribution in [2.24, 2.45) is 5.41 Å². The number of nitrogens with zero attached hydrogens (tertiary/aromatic N) is 2. The molecular weight excluding hydrogens is 282 g/mol. The highest BCUT2D eigenvalue weighted by molar-refractivity contribution is 5.86. The van der Waals surface area contributed by atoms with Crippen molar-refractivity contribution in [3.05, 3.63) is 30.0 Å². The van der Waals surface area contributed by atoms with Gasteiger partial charge in [0, 0.05) is 36.9 Å². The van der Waals surface area contributed by atoms with Gasteiger partial charge in [-0.3, -0.25) is 9.59 Å². The molecule has 1 aromatic heterocycles. The lowest BCUT2D eigenvalue weighted by molar-refractivity contribution is -0.130. The summed E-state index contributed by atoms with van der Waals surface area (Å²) < 4.78 is 5.24. The SMILES string of the molecule is O=C1CC2(CCN(C(=O)Cc3noc4ccccc34)C2)CN1. The summed E-state index contributed by atoms with van der Waals surface area (Å²) in [6.45, 7) is 2.05. The number of likely N-dealkylation sites (tertiary alicyclic amines) is 1. The highest BCUT2D eigenvalue weighted by atomic mass is 16.5. The number of carbonyl (C=O) groups is 2. The lowest BCUT2D eigenvalue weighted by Gasteiger charge is -2.21. The second-order valence-electron chi connectivity index (χ2n) is 6.32. The van der Waals surface area contributed by atoms with Crippen LogP contribution in [0.4, 0.5) is 0 Å². The number of amides is 2. The van der Waals surface area contributed by atoms with Crippen LogP contribution in [0.25, 0.3) is 11.0 Å². The maximum Gasteiger partial charge on any atom is 0.228 e. The molecule has 6 heteroatoms. The van der Waals surface area contributed by atoms with Crippen molar-refractivity contribution >= 4 is 22.8 Å². The molecule has 2 amide bonds. The fourth-order valence-electron chi connectivity index (χ4n) is 3.51. The van der Waals surface area contributed by atoms with Crippen molar-refractivity contribution in [2.45, 2.75) is 19.3 Å². The maximum atomic E-state index is 12.5. The molecule has 22 heavy (non-hydrogen) atoms. The third-order valence-corrected chi connectivity index (χ3v) is 4.76. The minimum Gasteiger partial charge on any atom is -0.356 e. The Balaban J connectivity index is 1.48. The molecule has 114 valence electrons. The second kappa shape index (κ2) is 4.83. The molecule has 1 unspecified atom stereocenters. The highest BCUT2D eigenvalue weighted by Crippen LogP contribution is 2.36. The number of nitrogens with one attached hydrogen (secondary N) is 1. The average molecular weight is 299 g/mol. The highest BCUT2D eigenvalue weighted by Gasteiger charge is 2.45. The van der Waals surface area contributed by atoms with Crippen molar-refractivity contribution < 1.29 is 14.1 Å². The largest absolute Gasteiger partial charge is 0.356 e. The van der Waals surface area contributed by atoms with Crippen LogP contribution in [-0.4, -0.2) is 41.5 Å². The molecule has 0 bridgehead atoms. The minimum absolute atomic E-state index is 0.0512. The molecule has 2 fully saturated rings. The standard InChI is InChI=1S/C16H17N3O3/c20-14-8-16(9-17-14)5-6-19(10-16)15(21)7-12-11-3-1-2-4-13(11)22-18-12/h1-4H,5-10H2,(H,17,20). The molecule has 0 aliphatic carbocycles. The Labute approximate surface area is 127 Å². The van der Waals surface area contributed by atoms with Crippen LogP contribution >= 0.6 is 0 Å². The summed E-state index contributed by atoms with van der Waals surface area (Å²) in [7, 11) is 0. The smallest absolute Gasteiger partial charge is 0.228 e. The van der Waals surface area contributed by atoms with Gasteiger partial charge in [0.25, 0.3) is 0 Å². The lowest BCUT2D eigenvalue weighted by atomic mass is 9.86. The van der Waals surface area contributed by atoms with Crippen molar-refractivity contribution in [3.63, 3.8) is 0 Å². The van der Waals surface area contributed by atoms with Crippen LogP contribution in [-0.2, 0) is 16.0 Å². The molecule has 0 radical (unpaired) electrons. The number of fused-ring (bicyclic) bond motifs is 1. The van der Waals surface area contributed by atoms with Gasteiger partial charge in [-0.1, -0.05) is 17.3 Å². The Morgan fingerprint density at radius 1 is 1.41 bits per heavy atom. The fraction of sp³-hybridized carbons (Fsp3) is 0.438. The molecule has 4 rings (SSSR count). The van der Waals surface area contributed by atoms with Crippen LogP contribution in [0.15, 0.2) is 28.8 Å². The van der Waals surface area contributed by atoms with Gasteiger partial charge < -0.3 is 14.7 Å². The quantitative estimate of drug-likeness (QED) is 0.901. The Hall–Kier alpha value is -2.37. The van der Waals surface area contributed by atoms with Crippen LogP contribution in [0.2, 0.25) is 0 Å². The Kier molecular flexibility index (Phi) is 2.92. The summed E-state index contributed by atoms with van der Waals surface area (Å²) in [5, 5.41) is 7.79. The normalized spacial score (nSPS) is 24.4. The van der Waals surface area contributed by atoms with Crippen molar-refractivity contribution in [1.29, 1.82) is 0 Å². The van der Waals surface area contributed by atoms with E-state index in [2.05, 4.69) is 10.5 Å². The zero-order valence-electron chi connectivity index (χ0n) is 12.2. The summed E-state index contributed by atoms with van der Waals surface area (Å²) in [6.07, 6.45) is 1.66. The first-order valence-corrected chi connectivity index (χ1v) is 7.53. The third kappa shape index (κ3) is 2.15. The first kappa shape index (κ1) is 13.3. The van der Waals surface area contributed by atoms with Crippen LogP contribution in [0, 0.1) is 5.41 Å². The number of benzene rings is 1. The molecule has 2 aliphatic heterocycles. The van der Waals surface area contributed by atoms with Crippen LogP contribution in [0.3, 0.4) is 0 Å². The van der Waals surface area contributed by atoms with Gasteiger partial charge in [-0.05, 0) is 18.6 Å². The summed E-state index contributed by atoms with van der Waals surface area (Å²) in [6, 6.07) is 7.55.